The Morgan fingerprint density at radius 2 is 1.79 bits per heavy atom. The molecule has 1 aromatic rings. The van der Waals surface area contributed by atoms with Crippen LogP contribution in [0.5, 0.6) is 5.75 Å². The van der Waals surface area contributed by atoms with Crippen molar-refractivity contribution < 1.29 is 45.4 Å². The number of imide groups is 1. The van der Waals surface area contributed by atoms with Crippen molar-refractivity contribution in [3.05, 3.63) is 23.8 Å². The highest BCUT2D eigenvalue weighted by Crippen LogP contribution is 2.27. The van der Waals surface area contributed by atoms with E-state index in [0.29, 0.717) is 0 Å². The number of carbonyl (C=O) groups excluding carboxylic acids is 3. The number of urea groups is 1. The predicted octanol–water partition coefficient (Wildman–Crippen LogP) is 0.490. The van der Waals surface area contributed by atoms with E-state index in [9.17, 15) is 36.0 Å². The van der Waals surface area contributed by atoms with E-state index in [0.717, 1.165) is 10.4 Å². The Morgan fingerprint density at radius 3 is 2.31 bits per heavy atom. The Bertz CT molecular complexity index is 886. The number of nitrogens with one attached hydrogen (secondary N) is 2. The van der Waals surface area contributed by atoms with E-state index in [1.165, 1.54) is 44.0 Å². The fourth-order valence-corrected chi connectivity index (χ4v) is 2.88. The number of methoxy groups -OCH3 is 1. The van der Waals surface area contributed by atoms with Gasteiger partial charge < -0.3 is 14.8 Å². The maximum atomic E-state index is 12.3. The van der Waals surface area contributed by atoms with Gasteiger partial charge in [-0.3, -0.25) is 10.1 Å². The smallest absolute Gasteiger partial charge is 0.405 e. The number of halogens is 3. The summed E-state index contributed by atoms with van der Waals surface area (Å²) in [6.45, 7) is -2.64. The Hall–Kier alpha value is -2.87. The van der Waals surface area contributed by atoms with Crippen molar-refractivity contribution in [3.8, 4) is 5.75 Å². The number of alkyl halides is 3. The van der Waals surface area contributed by atoms with Gasteiger partial charge in [-0.25, -0.2) is 22.3 Å². The molecule has 0 fully saturated rings. The summed E-state index contributed by atoms with van der Waals surface area (Å²) < 4.78 is 71.0. The fourth-order valence-electron chi connectivity index (χ4n) is 1.80. The first-order valence-electron chi connectivity index (χ1n) is 7.70. The zero-order valence-electron chi connectivity index (χ0n) is 15.5. The molecule has 2 N–H and O–H groups in total. The molecule has 10 nitrogen and oxygen atoms in total. The minimum Gasteiger partial charge on any atom is -0.495 e. The molecule has 0 aliphatic carbocycles. The van der Waals surface area contributed by atoms with Crippen LogP contribution in [0.4, 0.5) is 18.0 Å². The number of ether oxygens (including phenoxy) is 2. The standard InChI is InChI=1S/C15H18F3N3O7S/c1-21(2)29(25,26)11-6-9(4-5-10(11)27-3)13(23)28-7-12(22)20-14(24)19-8-15(16,17)18/h4-6H,7-8H2,1-3H3,(H2,19,20,22,24). The molecule has 1 rings (SSSR count). The number of benzene rings is 1. The highest BCUT2D eigenvalue weighted by Gasteiger charge is 2.28. The van der Waals surface area contributed by atoms with Crippen LogP contribution in [0.3, 0.4) is 0 Å². The van der Waals surface area contributed by atoms with Crippen molar-refractivity contribution in [2.24, 2.45) is 0 Å². The molecule has 0 aliphatic heterocycles. The summed E-state index contributed by atoms with van der Waals surface area (Å²) in [6, 6.07) is 1.94. The monoisotopic (exact) mass is 441 g/mol. The lowest BCUT2D eigenvalue weighted by molar-refractivity contribution is -0.125. The van der Waals surface area contributed by atoms with Gasteiger partial charge in [0, 0.05) is 14.1 Å². The molecule has 0 atom stereocenters. The molecule has 1 aromatic carbocycles. The van der Waals surface area contributed by atoms with Crippen LogP contribution in [0.2, 0.25) is 0 Å². The summed E-state index contributed by atoms with van der Waals surface area (Å²) in [5, 5.41) is 2.94. The lowest BCUT2D eigenvalue weighted by Crippen LogP contribution is -2.44. The van der Waals surface area contributed by atoms with E-state index in [1.54, 1.807) is 0 Å². The van der Waals surface area contributed by atoms with Crippen LogP contribution in [0.1, 0.15) is 10.4 Å². The van der Waals surface area contributed by atoms with E-state index in [2.05, 4.69) is 4.74 Å². The van der Waals surface area contributed by atoms with Crippen molar-refractivity contribution in [1.82, 2.24) is 14.9 Å². The molecule has 29 heavy (non-hydrogen) atoms. The van der Waals surface area contributed by atoms with E-state index < -0.39 is 47.3 Å². The van der Waals surface area contributed by atoms with Crippen LogP contribution in [0, 0.1) is 0 Å². The van der Waals surface area contributed by atoms with E-state index in [1.807, 2.05) is 0 Å². The summed E-state index contributed by atoms with van der Waals surface area (Å²) in [5.41, 5.74) is -0.236. The van der Waals surface area contributed by atoms with Crippen LogP contribution in [0.25, 0.3) is 0 Å². The summed E-state index contributed by atoms with van der Waals surface area (Å²) in [6.07, 6.45) is -4.66. The molecular formula is C15H18F3N3O7S. The van der Waals surface area contributed by atoms with Crippen LogP contribution in [0.15, 0.2) is 23.1 Å². The normalized spacial score (nSPS) is 11.7. The third-order valence-corrected chi connectivity index (χ3v) is 5.03. The number of hydrogen-bond donors (Lipinski definition) is 2. The van der Waals surface area contributed by atoms with Crippen molar-refractivity contribution in [2.75, 3.05) is 34.4 Å². The van der Waals surface area contributed by atoms with Gasteiger partial charge >= 0.3 is 18.2 Å². The first kappa shape index (κ1) is 24.2. The maximum Gasteiger partial charge on any atom is 0.405 e. The number of rotatable bonds is 7. The van der Waals surface area contributed by atoms with Crippen LogP contribution in [-0.4, -0.2) is 71.2 Å². The molecular weight excluding hydrogens is 423 g/mol. The Labute approximate surface area is 164 Å². The number of carbonyl (C=O) groups is 3. The third kappa shape index (κ3) is 7.23. The molecule has 0 bridgehead atoms. The third-order valence-electron chi connectivity index (χ3n) is 3.19. The van der Waals surface area contributed by atoms with Gasteiger partial charge in [0.1, 0.15) is 17.2 Å². The van der Waals surface area contributed by atoms with E-state index in [-0.39, 0.29) is 16.2 Å². The van der Waals surface area contributed by atoms with Crippen molar-refractivity contribution in [2.45, 2.75) is 11.1 Å². The summed E-state index contributed by atoms with van der Waals surface area (Å²) >= 11 is 0. The largest absolute Gasteiger partial charge is 0.495 e. The van der Waals surface area contributed by atoms with Gasteiger partial charge in [-0.1, -0.05) is 0 Å². The number of sulfonamides is 1. The molecule has 0 unspecified atom stereocenters. The quantitative estimate of drug-likeness (QED) is 0.589. The summed E-state index contributed by atoms with van der Waals surface area (Å²) in [7, 11) is -0.189. The lowest BCUT2D eigenvalue weighted by atomic mass is 10.2. The molecule has 0 heterocycles. The van der Waals surface area contributed by atoms with Crippen LogP contribution < -0.4 is 15.4 Å². The van der Waals surface area contributed by atoms with Gasteiger partial charge in [-0.15, -0.1) is 0 Å². The van der Waals surface area contributed by atoms with Gasteiger partial charge in [-0.2, -0.15) is 13.2 Å². The maximum absolute atomic E-state index is 12.3. The molecule has 0 radical (unpaired) electrons. The van der Waals surface area contributed by atoms with E-state index >= 15 is 0 Å². The minimum absolute atomic E-state index is 0.0330. The molecule has 14 heteroatoms. The van der Waals surface area contributed by atoms with Gasteiger partial charge in [0.25, 0.3) is 5.91 Å². The van der Waals surface area contributed by atoms with Crippen LogP contribution >= 0.6 is 0 Å². The number of amides is 3. The molecule has 162 valence electrons. The van der Waals surface area contributed by atoms with Crippen LogP contribution in [-0.2, 0) is 19.6 Å². The number of esters is 1. The first-order chi connectivity index (χ1) is 13.3. The first-order valence-corrected chi connectivity index (χ1v) is 9.14. The molecule has 0 spiro atoms. The second-order valence-corrected chi connectivity index (χ2v) is 7.70. The molecule has 0 saturated carbocycles. The highest BCUT2D eigenvalue weighted by molar-refractivity contribution is 7.89. The summed E-state index contributed by atoms with van der Waals surface area (Å²) in [4.78, 5) is 34.3. The van der Waals surface area contributed by atoms with E-state index in [4.69, 9.17) is 4.74 Å². The summed E-state index contributed by atoms with van der Waals surface area (Å²) in [5.74, 6) is -2.32. The lowest BCUT2D eigenvalue weighted by Gasteiger charge is -2.15. The minimum atomic E-state index is -4.66. The average molecular weight is 441 g/mol. The predicted molar refractivity (Wildman–Crippen MR) is 91.7 cm³/mol. The number of nitrogens with zero attached hydrogens (tertiary/aromatic N) is 1. The number of hydrogen-bond acceptors (Lipinski definition) is 7. The second-order valence-electron chi connectivity index (χ2n) is 5.58. The molecule has 0 aliphatic rings. The van der Waals surface area contributed by atoms with Crippen molar-refractivity contribution in [1.29, 1.82) is 0 Å². The van der Waals surface area contributed by atoms with Gasteiger partial charge in [0.05, 0.1) is 12.7 Å². The van der Waals surface area contributed by atoms with Crippen molar-refractivity contribution in [3.63, 3.8) is 0 Å². The van der Waals surface area contributed by atoms with Gasteiger partial charge in [0.15, 0.2) is 6.61 Å². The van der Waals surface area contributed by atoms with Gasteiger partial charge in [-0.05, 0) is 18.2 Å². The fraction of sp³-hybridized carbons (Fsp3) is 0.400. The molecule has 0 aromatic heterocycles. The Morgan fingerprint density at radius 1 is 1.17 bits per heavy atom. The zero-order valence-corrected chi connectivity index (χ0v) is 16.3. The van der Waals surface area contributed by atoms with Crippen molar-refractivity contribution >= 4 is 27.9 Å². The zero-order chi connectivity index (χ0) is 22.4. The topological polar surface area (TPSA) is 131 Å². The molecule has 3 amide bonds. The average Bonchev–Trinajstić information content (AvgIpc) is 2.63. The Balaban J connectivity index is 2.78. The Kier molecular flexibility index (Phi) is 7.96. The van der Waals surface area contributed by atoms with Gasteiger partial charge in [0.2, 0.25) is 10.0 Å². The second kappa shape index (κ2) is 9.56. The SMILES string of the molecule is COc1ccc(C(=O)OCC(=O)NC(=O)NCC(F)(F)F)cc1S(=O)(=O)N(C)C. The highest BCUT2D eigenvalue weighted by atomic mass is 32.2. The molecule has 0 saturated heterocycles.